The number of fused-ring (bicyclic) bond motifs is 3. The minimum absolute atomic E-state index is 0.00317. The van der Waals surface area contributed by atoms with E-state index >= 15 is 0 Å². The second-order valence-corrected chi connectivity index (χ2v) is 10.1. The summed E-state index contributed by atoms with van der Waals surface area (Å²) < 4.78 is 5.67. The number of aliphatic carboxylic acids is 1. The van der Waals surface area contributed by atoms with Gasteiger partial charge < -0.3 is 20.1 Å². The lowest BCUT2D eigenvalue weighted by molar-refractivity contribution is -0.145. The zero-order chi connectivity index (χ0) is 24.4. The Hall–Kier alpha value is -3.35. The van der Waals surface area contributed by atoms with Gasteiger partial charge in [0.2, 0.25) is 5.91 Å². The largest absolute Gasteiger partial charge is 0.481 e. The quantitative estimate of drug-likeness (QED) is 0.644. The molecule has 1 heterocycles. The molecule has 35 heavy (non-hydrogen) atoms. The van der Waals surface area contributed by atoms with Crippen molar-refractivity contribution in [2.75, 3.05) is 19.7 Å². The number of hydrogen-bond acceptors (Lipinski definition) is 4. The van der Waals surface area contributed by atoms with Crippen molar-refractivity contribution in [2.24, 2.45) is 11.8 Å². The molecule has 1 saturated carbocycles. The lowest BCUT2D eigenvalue weighted by Crippen LogP contribution is -2.42. The van der Waals surface area contributed by atoms with Crippen molar-refractivity contribution in [3.05, 3.63) is 59.7 Å². The number of piperidine rings is 1. The van der Waals surface area contributed by atoms with Crippen LogP contribution in [-0.2, 0) is 14.3 Å². The van der Waals surface area contributed by atoms with Crippen molar-refractivity contribution in [3.8, 4) is 11.1 Å². The van der Waals surface area contributed by atoms with Gasteiger partial charge in [0.05, 0.1) is 5.92 Å². The molecule has 2 N–H and O–H groups in total. The molecular weight excluding hydrogens is 444 g/mol. The Bertz CT molecular complexity index is 1070. The molecule has 0 aromatic heterocycles. The summed E-state index contributed by atoms with van der Waals surface area (Å²) in [5, 5.41) is 12.3. The predicted molar refractivity (Wildman–Crippen MR) is 131 cm³/mol. The van der Waals surface area contributed by atoms with E-state index in [1.165, 1.54) is 22.3 Å². The van der Waals surface area contributed by atoms with Crippen molar-refractivity contribution < 1.29 is 24.2 Å². The van der Waals surface area contributed by atoms with Gasteiger partial charge in [0, 0.05) is 31.5 Å². The monoisotopic (exact) mass is 476 g/mol. The maximum atomic E-state index is 12.7. The predicted octanol–water partition coefficient (Wildman–Crippen LogP) is 4.41. The molecule has 0 bridgehead atoms. The average molecular weight is 477 g/mol. The molecule has 3 atom stereocenters. The van der Waals surface area contributed by atoms with Crippen LogP contribution < -0.4 is 5.32 Å². The number of rotatable bonds is 6. The number of benzene rings is 2. The van der Waals surface area contributed by atoms with E-state index in [0.29, 0.717) is 25.9 Å². The smallest absolute Gasteiger partial charge is 0.407 e. The number of alkyl carbamates (subject to hydrolysis) is 1. The van der Waals surface area contributed by atoms with Gasteiger partial charge in [0.1, 0.15) is 6.61 Å². The molecule has 2 amide bonds. The number of carboxylic acids is 1. The van der Waals surface area contributed by atoms with Crippen LogP contribution in [0.25, 0.3) is 11.1 Å². The van der Waals surface area contributed by atoms with Crippen LogP contribution in [0.3, 0.4) is 0 Å². The number of carbonyl (C=O) groups excluding carboxylic acids is 2. The van der Waals surface area contributed by atoms with Crippen LogP contribution in [0.4, 0.5) is 4.79 Å². The Labute approximate surface area is 205 Å². The summed E-state index contributed by atoms with van der Waals surface area (Å²) in [5.74, 6) is -1.02. The number of ether oxygens (including phenoxy) is 1. The molecule has 1 aliphatic heterocycles. The fourth-order valence-corrected chi connectivity index (χ4v) is 5.98. The molecule has 7 heteroatoms. The Morgan fingerprint density at radius 3 is 2.34 bits per heavy atom. The summed E-state index contributed by atoms with van der Waals surface area (Å²) in [6.45, 7) is 1.23. The second kappa shape index (κ2) is 10.1. The summed E-state index contributed by atoms with van der Waals surface area (Å²) in [6, 6.07) is 16.5. The molecule has 0 radical (unpaired) electrons. The van der Waals surface area contributed by atoms with Gasteiger partial charge in [0.25, 0.3) is 0 Å². The number of nitrogens with one attached hydrogen (secondary N) is 1. The molecule has 2 fully saturated rings. The van der Waals surface area contributed by atoms with Crippen LogP contribution in [-0.4, -0.2) is 53.7 Å². The summed E-state index contributed by atoms with van der Waals surface area (Å²) in [7, 11) is 0. The number of likely N-dealkylation sites (tertiary alicyclic amines) is 1. The molecule has 1 saturated heterocycles. The number of amides is 2. The van der Waals surface area contributed by atoms with Crippen LogP contribution in [0.2, 0.25) is 0 Å². The molecule has 2 aromatic rings. The van der Waals surface area contributed by atoms with Gasteiger partial charge in [-0.25, -0.2) is 4.79 Å². The fraction of sp³-hybridized carbons (Fsp3) is 0.464. The molecule has 2 aromatic carbocycles. The van der Waals surface area contributed by atoms with Crippen molar-refractivity contribution in [3.63, 3.8) is 0 Å². The zero-order valence-electron chi connectivity index (χ0n) is 19.8. The van der Waals surface area contributed by atoms with E-state index in [9.17, 15) is 19.5 Å². The average Bonchev–Trinajstić information content (AvgIpc) is 3.44. The highest BCUT2D eigenvalue weighted by atomic mass is 16.5. The molecule has 5 rings (SSSR count). The Kier molecular flexibility index (Phi) is 6.75. The highest BCUT2D eigenvalue weighted by Gasteiger charge is 2.33. The van der Waals surface area contributed by atoms with Crippen molar-refractivity contribution in [1.82, 2.24) is 10.2 Å². The third-order valence-corrected chi connectivity index (χ3v) is 7.79. The maximum absolute atomic E-state index is 12.7. The molecule has 0 spiro atoms. The third-order valence-electron chi connectivity index (χ3n) is 7.79. The van der Waals surface area contributed by atoms with Crippen molar-refractivity contribution in [1.29, 1.82) is 0 Å². The summed E-state index contributed by atoms with van der Waals surface area (Å²) >= 11 is 0. The fourth-order valence-electron chi connectivity index (χ4n) is 5.98. The Morgan fingerprint density at radius 2 is 1.66 bits per heavy atom. The summed E-state index contributed by atoms with van der Waals surface area (Å²) in [6.07, 6.45) is 3.80. The summed E-state index contributed by atoms with van der Waals surface area (Å²) in [5.41, 5.74) is 4.76. The maximum Gasteiger partial charge on any atom is 0.407 e. The first kappa shape index (κ1) is 23.4. The van der Waals surface area contributed by atoms with E-state index in [1.54, 1.807) is 4.90 Å². The van der Waals surface area contributed by atoms with Crippen molar-refractivity contribution >= 4 is 18.0 Å². The van der Waals surface area contributed by atoms with E-state index in [0.717, 1.165) is 25.7 Å². The van der Waals surface area contributed by atoms with Crippen LogP contribution in [0.5, 0.6) is 0 Å². The number of carbonyl (C=O) groups is 3. The highest BCUT2D eigenvalue weighted by Crippen LogP contribution is 2.44. The van der Waals surface area contributed by atoms with E-state index < -0.39 is 18.0 Å². The summed E-state index contributed by atoms with van der Waals surface area (Å²) in [4.78, 5) is 38.3. The van der Waals surface area contributed by atoms with Gasteiger partial charge in [-0.3, -0.25) is 9.59 Å². The van der Waals surface area contributed by atoms with Crippen LogP contribution in [0.1, 0.15) is 55.6 Å². The third kappa shape index (κ3) is 5.04. The zero-order valence-corrected chi connectivity index (χ0v) is 19.8. The van der Waals surface area contributed by atoms with Gasteiger partial charge >= 0.3 is 12.1 Å². The number of carboxylic acid groups (broad SMARTS) is 1. The lowest BCUT2D eigenvalue weighted by Gasteiger charge is -2.31. The van der Waals surface area contributed by atoms with Gasteiger partial charge in [-0.1, -0.05) is 48.5 Å². The van der Waals surface area contributed by atoms with Gasteiger partial charge in [0.15, 0.2) is 0 Å². The lowest BCUT2D eigenvalue weighted by atomic mass is 9.96. The topological polar surface area (TPSA) is 95.9 Å². The van der Waals surface area contributed by atoms with E-state index in [1.807, 2.05) is 24.3 Å². The molecule has 184 valence electrons. The first-order chi connectivity index (χ1) is 17.0. The SMILES string of the molecule is O=C(NC1CCC(CC(=O)N2CCC[C@H](C(=O)O)C2)C1)OCC1c2ccccc2-c2ccccc21. The second-order valence-electron chi connectivity index (χ2n) is 10.1. The highest BCUT2D eigenvalue weighted by molar-refractivity contribution is 5.79. The minimum Gasteiger partial charge on any atom is -0.481 e. The van der Waals surface area contributed by atoms with Gasteiger partial charge in [-0.2, -0.15) is 0 Å². The molecular formula is C28H32N2O5. The van der Waals surface area contributed by atoms with Crippen LogP contribution >= 0.6 is 0 Å². The first-order valence-corrected chi connectivity index (χ1v) is 12.6. The Morgan fingerprint density at radius 1 is 0.971 bits per heavy atom. The number of nitrogens with zero attached hydrogens (tertiary/aromatic N) is 1. The van der Waals surface area contributed by atoms with Crippen LogP contribution in [0.15, 0.2) is 48.5 Å². The molecule has 3 aliphatic rings. The standard InChI is InChI=1S/C28H32N2O5/c31-26(30-13-5-6-19(16-30)27(32)33)15-18-11-12-20(14-18)29-28(34)35-17-25-23-9-3-1-7-21(23)22-8-2-4-10-24(22)25/h1-4,7-10,18-20,25H,5-6,11-17H2,(H,29,34)(H,32,33)/t18?,19-,20?/m0/s1. The number of hydrogen-bond donors (Lipinski definition) is 2. The Balaban J connectivity index is 1.10. The first-order valence-electron chi connectivity index (χ1n) is 12.6. The van der Waals surface area contributed by atoms with E-state index in [-0.39, 0.29) is 30.4 Å². The van der Waals surface area contributed by atoms with E-state index in [4.69, 9.17) is 4.74 Å². The van der Waals surface area contributed by atoms with Gasteiger partial charge in [-0.05, 0) is 60.3 Å². The van der Waals surface area contributed by atoms with Gasteiger partial charge in [-0.15, -0.1) is 0 Å². The normalized spacial score (nSPS) is 23.4. The molecule has 2 aliphatic carbocycles. The van der Waals surface area contributed by atoms with E-state index in [2.05, 4.69) is 29.6 Å². The van der Waals surface area contributed by atoms with Crippen molar-refractivity contribution in [2.45, 2.75) is 50.5 Å². The molecule has 7 nitrogen and oxygen atoms in total. The van der Waals surface area contributed by atoms with Crippen LogP contribution in [0, 0.1) is 11.8 Å². The molecule has 2 unspecified atom stereocenters. The minimum atomic E-state index is -0.823.